The van der Waals surface area contributed by atoms with Crippen molar-refractivity contribution < 1.29 is 4.74 Å². The third kappa shape index (κ3) is 5.19. The van der Waals surface area contributed by atoms with Gasteiger partial charge < -0.3 is 15.4 Å². The maximum absolute atomic E-state index is 5.17. The normalized spacial score (nSPS) is 15.4. The van der Waals surface area contributed by atoms with E-state index < -0.39 is 0 Å². The van der Waals surface area contributed by atoms with Crippen LogP contribution in [0.4, 0.5) is 0 Å². The molecule has 0 amide bonds. The number of hydrogen-bond donors (Lipinski definition) is 2. The number of nitrogens with zero attached hydrogens (tertiary/aromatic N) is 1. The number of ether oxygens (including phenoxy) is 1. The van der Waals surface area contributed by atoms with Gasteiger partial charge in [-0.25, -0.2) is 0 Å². The van der Waals surface area contributed by atoms with Crippen LogP contribution in [-0.2, 0) is 0 Å². The van der Waals surface area contributed by atoms with Crippen molar-refractivity contribution in [3.8, 4) is 5.75 Å². The largest absolute Gasteiger partial charge is 0.497 e. The minimum absolute atomic E-state index is 0. The molecule has 2 N–H and O–H groups in total. The van der Waals surface area contributed by atoms with Gasteiger partial charge in [0.25, 0.3) is 0 Å². The second-order valence-electron chi connectivity index (χ2n) is 4.90. The zero-order chi connectivity index (χ0) is 13.5. The molecule has 5 heteroatoms. The van der Waals surface area contributed by atoms with E-state index in [4.69, 9.17) is 4.74 Å². The van der Waals surface area contributed by atoms with Crippen molar-refractivity contribution >= 4 is 29.9 Å². The fraction of sp³-hybridized carbons (Fsp3) is 0.533. The van der Waals surface area contributed by atoms with E-state index in [0.717, 1.165) is 44.2 Å². The third-order valence-corrected chi connectivity index (χ3v) is 3.45. The average Bonchev–Trinajstić information content (AvgIpc) is 2.48. The molecule has 1 aliphatic heterocycles. The van der Waals surface area contributed by atoms with Crippen molar-refractivity contribution in [2.24, 2.45) is 4.99 Å². The lowest BCUT2D eigenvalue weighted by Crippen LogP contribution is -2.41. The second kappa shape index (κ2) is 9.05. The van der Waals surface area contributed by atoms with Crippen molar-refractivity contribution in [3.63, 3.8) is 0 Å². The Morgan fingerprint density at radius 2 is 2.10 bits per heavy atom. The highest BCUT2D eigenvalue weighted by molar-refractivity contribution is 14.0. The Morgan fingerprint density at radius 3 is 2.70 bits per heavy atom. The van der Waals surface area contributed by atoms with Gasteiger partial charge in [-0.15, -0.1) is 24.0 Å². The molecule has 0 spiro atoms. The monoisotopic (exact) mass is 389 g/mol. The number of benzene rings is 1. The molecule has 112 valence electrons. The molecular weight excluding hydrogens is 365 g/mol. The van der Waals surface area contributed by atoms with E-state index in [1.807, 2.05) is 12.1 Å². The fourth-order valence-electron chi connectivity index (χ4n) is 2.16. The van der Waals surface area contributed by atoms with Crippen LogP contribution in [-0.4, -0.2) is 32.7 Å². The predicted octanol–water partition coefficient (Wildman–Crippen LogP) is 2.75. The lowest BCUT2D eigenvalue weighted by atomic mass is 9.98. The molecule has 0 fully saturated rings. The van der Waals surface area contributed by atoms with Gasteiger partial charge in [-0.1, -0.05) is 19.1 Å². The molecule has 0 saturated heterocycles. The molecule has 0 aliphatic carbocycles. The summed E-state index contributed by atoms with van der Waals surface area (Å²) in [6, 6.07) is 8.32. The molecule has 1 atom stereocenters. The summed E-state index contributed by atoms with van der Waals surface area (Å²) in [5.74, 6) is 2.39. The van der Waals surface area contributed by atoms with E-state index in [0.29, 0.717) is 5.92 Å². The summed E-state index contributed by atoms with van der Waals surface area (Å²) in [4.78, 5) is 4.40. The number of rotatable bonds is 5. The molecule has 1 aliphatic rings. The van der Waals surface area contributed by atoms with Crippen molar-refractivity contribution in [1.29, 1.82) is 0 Å². The number of methoxy groups -OCH3 is 1. The van der Waals surface area contributed by atoms with Crippen LogP contribution in [0.3, 0.4) is 0 Å². The molecule has 1 heterocycles. The van der Waals surface area contributed by atoms with E-state index in [1.165, 1.54) is 5.56 Å². The van der Waals surface area contributed by atoms with Gasteiger partial charge in [0.15, 0.2) is 5.96 Å². The highest BCUT2D eigenvalue weighted by Crippen LogP contribution is 2.21. The Morgan fingerprint density at radius 1 is 1.35 bits per heavy atom. The Kier molecular flexibility index (Phi) is 7.72. The summed E-state index contributed by atoms with van der Waals surface area (Å²) in [7, 11) is 1.69. The quantitative estimate of drug-likeness (QED) is 0.762. The minimum Gasteiger partial charge on any atom is -0.497 e. The first-order valence-electron chi connectivity index (χ1n) is 6.95. The second-order valence-corrected chi connectivity index (χ2v) is 4.90. The van der Waals surface area contributed by atoms with Crippen molar-refractivity contribution in [3.05, 3.63) is 29.8 Å². The summed E-state index contributed by atoms with van der Waals surface area (Å²) in [5.41, 5.74) is 1.35. The van der Waals surface area contributed by atoms with Crippen LogP contribution in [0.5, 0.6) is 5.75 Å². The fourth-order valence-corrected chi connectivity index (χ4v) is 2.16. The van der Waals surface area contributed by atoms with E-state index in [2.05, 4.69) is 34.7 Å². The SMILES string of the molecule is COc1ccc(C(C)CCNC2=NCCCN2)cc1.I. The summed E-state index contributed by atoms with van der Waals surface area (Å²) >= 11 is 0. The molecule has 20 heavy (non-hydrogen) atoms. The van der Waals surface area contributed by atoms with Crippen LogP contribution in [0.2, 0.25) is 0 Å². The molecule has 0 radical (unpaired) electrons. The van der Waals surface area contributed by atoms with Gasteiger partial charge in [0.2, 0.25) is 0 Å². The number of hydrogen-bond acceptors (Lipinski definition) is 4. The lowest BCUT2D eigenvalue weighted by Gasteiger charge is -2.18. The molecule has 0 aromatic heterocycles. The molecule has 0 saturated carbocycles. The topological polar surface area (TPSA) is 45.6 Å². The summed E-state index contributed by atoms with van der Waals surface area (Å²) in [6.07, 6.45) is 2.22. The van der Waals surface area contributed by atoms with Gasteiger partial charge in [0.05, 0.1) is 7.11 Å². The maximum Gasteiger partial charge on any atom is 0.191 e. The first-order chi connectivity index (χ1) is 9.29. The van der Waals surface area contributed by atoms with Crippen molar-refractivity contribution in [2.75, 3.05) is 26.7 Å². The zero-order valence-corrected chi connectivity index (χ0v) is 14.5. The van der Waals surface area contributed by atoms with Crippen LogP contribution in [0.25, 0.3) is 0 Å². The Labute approximate surface area is 138 Å². The van der Waals surface area contributed by atoms with E-state index in [-0.39, 0.29) is 24.0 Å². The summed E-state index contributed by atoms with van der Waals surface area (Å²) in [5, 5.41) is 6.63. The first-order valence-corrected chi connectivity index (χ1v) is 6.95. The van der Waals surface area contributed by atoms with Gasteiger partial charge >= 0.3 is 0 Å². The molecule has 4 nitrogen and oxygen atoms in total. The van der Waals surface area contributed by atoms with Crippen LogP contribution in [0.1, 0.15) is 31.2 Å². The van der Waals surface area contributed by atoms with Crippen molar-refractivity contribution in [1.82, 2.24) is 10.6 Å². The van der Waals surface area contributed by atoms with E-state index in [9.17, 15) is 0 Å². The van der Waals surface area contributed by atoms with Gasteiger partial charge in [0, 0.05) is 19.6 Å². The number of halogens is 1. The van der Waals surface area contributed by atoms with Crippen LogP contribution >= 0.6 is 24.0 Å². The Hall–Kier alpha value is -0.980. The van der Waals surface area contributed by atoms with Crippen molar-refractivity contribution in [2.45, 2.75) is 25.7 Å². The Bertz CT molecular complexity index is 420. The standard InChI is InChI=1S/C15H23N3O.HI/c1-12(13-4-6-14(19-2)7-5-13)8-11-18-15-16-9-3-10-17-15;/h4-7,12H,3,8-11H2,1-2H3,(H2,16,17,18);1H. The number of nitrogens with one attached hydrogen (secondary N) is 2. The van der Waals surface area contributed by atoms with Crippen LogP contribution in [0, 0.1) is 0 Å². The molecule has 1 unspecified atom stereocenters. The predicted molar refractivity (Wildman–Crippen MR) is 94.4 cm³/mol. The van der Waals surface area contributed by atoms with Crippen LogP contribution < -0.4 is 15.4 Å². The van der Waals surface area contributed by atoms with Gasteiger partial charge in [-0.2, -0.15) is 0 Å². The van der Waals surface area contributed by atoms with Gasteiger partial charge in [0.1, 0.15) is 5.75 Å². The number of aliphatic imine (C=N–C) groups is 1. The molecular formula is C15H24IN3O. The molecule has 2 rings (SSSR count). The molecule has 0 bridgehead atoms. The van der Waals surface area contributed by atoms with Crippen LogP contribution in [0.15, 0.2) is 29.3 Å². The van der Waals surface area contributed by atoms with E-state index >= 15 is 0 Å². The number of guanidine groups is 1. The highest BCUT2D eigenvalue weighted by Gasteiger charge is 2.07. The zero-order valence-electron chi connectivity index (χ0n) is 12.2. The average molecular weight is 389 g/mol. The molecule has 1 aromatic rings. The van der Waals surface area contributed by atoms with Gasteiger partial charge in [-0.05, 0) is 36.5 Å². The minimum atomic E-state index is 0. The van der Waals surface area contributed by atoms with Gasteiger partial charge in [-0.3, -0.25) is 4.99 Å². The summed E-state index contributed by atoms with van der Waals surface area (Å²) < 4.78 is 5.17. The third-order valence-electron chi connectivity index (χ3n) is 3.45. The van der Waals surface area contributed by atoms with E-state index in [1.54, 1.807) is 7.11 Å². The maximum atomic E-state index is 5.17. The summed E-state index contributed by atoms with van der Waals surface area (Å²) in [6.45, 7) is 5.15. The smallest absolute Gasteiger partial charge is 0.191 e. The first kappa shape index (κ1) is 17.1. The Balaban J connectivity index is 0.00000200. The molecule has 1 aromatic carbocycles. The lowest BCUT2D eigenvalue weighted by molar-refractivity contribution is 0.414. The highest BCUT2D eigenvalue weighted by atomic mass is 127.